The third-order valence-electron chi connectivity index (χ3n) is 6.23. The van der Waals surface area contributed by atoms with E-state index in [1.54, 1.807) is 11.2 Å². The first-order valence-electron chi connectivity index (χ1n) is 11.4. The number of nitrogens with one attached hydrogen (secondary N) is 1. The maximum atomic E-state index is 13.9. The van der Waals surface area contributed by atoms with Gasteiger partial charge in [-0.2, -0.15) is 13.2 Å². The molecule has 1 aliphatic rings. The fourth-order valence-corrected chi connectivity index (χ4v) is 4.32. The van der Waals surface area contributed by atoms with E-state index in [2.05, 4.69) is 15.2 Å². The van der Waals surface area contributed by atoms with Crippen LogP contribution in [0.4, 0.5) is 28.0 Å². The Morgan fingerprint density at radius 1 is 1.14 bits per heavy atom. The molecule has 0 unspecified atom stereocenters. The highest BCUT2D eigenvalue weighted by atomic mass is 19.4. The lowest BCUT2D eigenvalue weighted by Gasteiger charge is -2.38. The molecule has 0 radical (unpaired) electrons. The lowest BCUT2D eigenvalue weighted by molar-refractivity contribution is -0.137. The molecule has 4 rings (SSSR count). The van der Waals surface area contributed by atoms with Crippen LogP contribution in [0.2, 0.25) is 0 Å². The molecule has 1 saturated heterocycles. The number of anilines is 1. The van der Waals surface area contributed by atoms with Gasteiger partial charge in [-0.3, -0.25) is 4.90 Å². The number of carbonyl (C=O) groups excluding carboxylic acids is 1. The molecule has 1 fully saturated rings. The first kappa shape index (κ1) is 24.7. The number of aromatic nitrogens is 2. The third kappa shape index (κ3) is 6.39. The molecule has 1 N–H and O–H groups in total. The van der Waals surface area contributed by atoms with Crippen LogP contribution >= 0.6 is 0 Å². The van der Waals surface area contributed by atoms with Gasteiger partial charge in [-0.05, 0) is 36.6 Å². The van der Waals surface area contributed by atoms with Crippen LogP contribution < -0.4 is 5.32 Å². The lowest BCUT2D eigenvalue weighted by Crippen LogP contribution is -2.48. The van der Waals surface area contributed by atoms with Crippen LogP contribution in [0.5, 0.6) is 0 Å². The molecule has 10 heteroatoms. The highest BCUT2D eigenvalue weighted by Crippen LogP contribution is 2.32. The van der Waals surface area contributed by atoms with Crippen molar-refractivity contribution in [3.63, 3.8) is 0 Å². The van der Waals surface area contributed by atoms with E-state index in [4.69, 9.17) is 0 Å². The molecule has 6 nitrogen and oxygen atoms in total. The number of hydrogen-bond donors (Lipinski definition) is 1. The Bertz CT molecular complexity index is 1140. The van der Waals surface area contributed by atoms with Gasteiger partial charge in [-0.25, -0.2) is 14.2 Å². The van der Waals surface area contributed by atoms with E-state index in [9.17, 15) is 22.4 Å². The van der Waals surface area contributed by atoms with E-state index in [0.29, 0.717) is 25.5 Å². The highest BCUT2D eigenvalue weighted by molar-refractivity contribution is 5.89. The summed E-state index contributed by atoms with van der Waals surface area (Å²) in [6.07, 6.45) is 0.274. The number of aryl methyl sites for hydroxylation is 1. The molecule has 1 aromatic heterocycles. The second-order valence-corrected chi connectivity index (χ2v) is 8.77. The summed E-state index contributed by atoms with van der Waals surface area (Å²) in [4.78, 5) is 21.3. The van der Waals surface area contributed by atoms with Crippen molar-refractivity contribution in [1.29, 1.82) is 0 Å². The summed E-state index contributed by atoms with van der Waals surface area (Å²) in [5.74, 6) is -1.06. The van der Waals surface area contributed by atoms with Crippen molar-refractivity contribution >= 4 is 11.7 Å². The molecule has 0 atom stereocenters. The second-order valence-electron chi connectivity index (χ2n) is 8.77. The van der Waals surface area contributed by atoms with E-state index < -0.39 is 23.6 Å². The number of hydrogen-bond acceptors (Lipinski definition) is 3. The number of likely N-dealkylation sites (tertiary alicyclic amines) is 1. The molecule has 35 heavy (non-hydrogen) atoms. The van der Waals surface area contributed by atoms with Crippen LogP contribution in [-0.4, -0.2) is 44.5 Å². The third-order valence-corrected chi connectivity index (χ3v) is 6.23. The van der Waals surface area contributed by atoms with Crippen LogP contribution in [-0.2, 0) is 26.3 Å². The Balaban J connectivity index is 1.48. The van der Waals surface area contributed by atoms with Crippen molar-refractivity contribution in [3.8, 4) is 0 Å². The smallest absolute Gasteiger partial charge is 0.337 e. The number of rotatable bonds is 6. The number of amides is 2. The predicted molar refractivity (Wildman–Crippen MR) is 124 cm³/mol. The predicted octanol–water partition coefficient (Wildman–Crippen LogP) is 5.28. The Hall–Kier alpha value is -3.40. The summed E-state index contributed by atoms with van der Waals surface area (Å²) in [6, 6.07) is 10.8. The quantitative estimate of drug-likeness (QED) is 0.480. The molecule has 186 valence electrons. The molecular formula is C25H27F4N5O. The summed E-state index contributed by atoms with van der Waals surface area (Å²) in [5.41, 5.74) is 0.615. The van der Waals surface area contributed by atoms with Crippen molar-refractivity contribution in [1.82, 2.24) is 19.4 Å². The Kier molecular flexibility index (Phi) is 7.39. The molecule has 2 amide bonds. The van der Waals surface area contributed by atoms with Gasteiger partial charge in [0.05, 0.1) is 17.6 Å². The van der Waals surface area contributed by atoms with Crippen molar-refractivity contribution < 1.29 is 22.4 Å². The maximum absolute atomic E-state index is 13.9. The van der Waals surface area contributed by atoms with Crippen LogP contribution in [0.1, 0.15) is 29.7 Å². The zero-order valence-corrected chi connectivity index (χ0v) is 19.3. The molecule has 1 aliphatic heterocycles. The maximum Gasteiger partial charge on any atom is 0.416 e. The van der Waals surface area contributed by atoms with Crippen LogP contribution in [0.25, 0.3) is 0 Å². The first-order chi connectivity index (χ1) is 16.7. The summed E-state index contributed by atoms with van der Waals surface area (Å²) in [5, 5.41) is 2.49. The van der Waals surface area contributed by atoms with Gasteiger partial charge in [0.1, 0.15) is 5.82 Å². The minimum Gasteiger partial charge on any atom is -0.337 e. The van der Waals surface area contributed by atoms with Crippen molar-refractivity contribution in [2.24, 2.45) is 7.05 Å². The van der Waals surface area contributed by atoms with E-state index in [1.165, 1.54) is 0 Å². The summed E-state index contributed by atoms with van der Waals surface area (Å²) >= 11 is 0. The van der Waals surface area contributed by atoms with Crippen molar-refractivity contribution in [3.05, 3.63) is 83.7 Å². The number of piperidine rings is 1. The number of urea groups is 1. The standard InChI is InChI=1S/C25H27F4N5O/c1-32-17-30-14-23(32)16-33-9-7-22(8-10-33)34(15-18-5-3-2-4-6-18)24(35)31-21-12-19(25(27,28)29)11-20(26)13-21/h2-6,11-14,17,22H,7-10,15-16H2,1H3,(H,31,35). The lowest BCUT2D eigenvalue weighted by atomic mass is 10.0. The molecule has 0 saturated carbocycles. The average Bonchev–Trinajstić information content (AvgIpc) is 3.22. The summed E-state index contributed by atoms with van der Waals surface area (Å²) in [7, 11) is 1.94. The fraction of sp³-hybridized carbons (Fsp3) is 0.360. The van der Waals surface area contributed by atoms with Gasteiger partial charge in [-0.1, -0.05) is 30.3 Å². The van der Waals surface area contributed by atoms with Gasteiger partial charge in [0.2, 0.25) is 0 Å². The topological polar surface area (TPSA) is 53.4 Å². The minimum absolute atomic E-state index is 0.117. The Labute approximate surface area is 201 Å². The number of carbonyl (C=O) groups is 1. The van der Waals surface area contributed by atoms with E-state index >= 15 is 0 Å². The molecule has 0 aliphatic carbocycles. The number of alkyl halides is 3. The number of halogens is 4. The monoisotopic (exact) mass is 489 g/mol. The number of imidazole rings is 1. The molecule has 3 aromatic rings. The minimum atomic E-state index is -4.72. The van der Waals surface area contributed by atoms with Crippen LogP contribution in [0.3, 0.4) is 0 Å². The average molecular weight is 490 g/mol. The van der Waals surface area contributed by atoms with E-state index in [1.807, 2.05) is 48.1 Å². The number of nitrogens with zero attached hydrogens (tertiary/aromatic N) is 4. The van der Waals surface area contributed by atoms with Crippen molar-refractivity contribution in [2.75, 3.05) is 18.4 Å². The summed E-state index contributed by atoms with van der Waals surface area (Å²) < 4.78 is 55.2. The zero-order chi connectivity index (χ0) is 25.0. The van der Waals surface area contributed by atoms with E-state index in [-0.39, 0.29) is 11.7 Å². The highest BCUT2D eigenvalue weighted by Gasteiger charge is 2.32. The van der Waals surface area contributed by atoms with Gasteiger partial charge in [-0.15, -0.1) is 0 Å². The van der Waals surface area contributed by atoms with Gasteiger partial charge >= 0.3 is 12.2 Å². The molecular weight excluding hydrogens is 462 g/mol. The van der Waals surface area contributed by atoms with Crippen LogP contribution in [0.15, 0.2) is 61.1 Å². The second kappa shape index (κ2) is 10.5. The first-order valence-corrected chi connectivity index (χ1v) is 11.4. The Morgan fingerprint density at radius 2 is 1.86 bits per heavy atom. The van der Waals surface area contributed by atoms with E-state index in [0.717, 1.165) is 43.0 Å². The molecule has 2 heterocycles. The number of benzene rings is 2. The molecule has 2 aromatic carbocycles. The summed E-state index contributed by atoms with van der Waals surface area (Å²) in [6.45, 7) is 2.55. The van der Waals surface area contributed by atoms with Gasteiger partial charge in [0.25, 0.3) is 0 Å². The van der Waals surface area contributed by atoms with Crippen LogP contribution in [0, 0.1) is 5.82 Å². The molecule has 0 bridgehead atoms. The van der Waals surface area contributed by atoms with Gasteiger partial charge in [0.15, 0.2) is 0 Å². The molecule has 0 spiro atoms. The van der Waals surface area contributed by atoms with Gasteiger partial charge in [0, 0.05) is 51.2 Å². The zero-order valence-electron chi connectivity index (χ0n) is 19.3. The normalized spacial score (nSPS) is 15.2. The Morgan fingerprint density at radius 3 is 2.49 bits per heavy atom. The largest absolute Gasteiger partial charge is 0.416 e. The van der Waals surface area contributed by atoms with Gasteiger partial charge < -0.3 is 14.8 Å². The SMILES string of the molecule is Cn1cncc1CN1CCC(N(Cc2ccccc2)C(=O)Nc2cc(F)cc(C(F)(F)F)c2)CC1. The van der Waals surface area contributed by atoms with Crippen molar-refractivity contribution in [2.45, 2.75) is 38.1 Å². The fourth-order valence-electron chi connectivity index (χ4n) is 4.32.